The van der Waals surface area contributed by atoms with Gasteiger partial charge in [-0.1, -0.05) is 42.5 Å². The standard InChI is InChI=1S/C25H23FN4/c26-21-8-6-18(7-9-21)22-10-11-24(30-25(22)20-12-15-28-16-13-20)29-17-14-23(27)19-4-2-1-3-5-19/h1-13,15-16,23H,14,17,27H2,(H,29,30). The zero-order chi connectivity index (χ0) is 20.8. The summed E-state index contributed by atoms with van der Waals surface area (Å²) in [5.41, 5.74) is 11.0. The summed E-state index contributed by atoms with van der Waals surface area (Å²) in [6.07, 6.45) is 4.27. The number of halogens is 1. The topological polar surface area (TPSA) is 63.8 Å². The van der Waals surface area contributed by atoms with Crippen LogP contribution in [-0.4, -0.2) is 16.5 Å². The van der Waals surface area contributed by atoms with Crippen LogP contribution in [0.4, 0.5) is 10.2 Å². The van der Waals surface area contributed by atoms with E-state index in [4.69, 9.17) is 10.7 Å². The first-order valence-electron chi connectivity index (χ1n) is 9.92. The van der Waals surface area contributed by atoms with Crippen molar-refractivity contribution in [2.24, 2.45) is 5.73 Å². The number of nitrogens with two attached hydrogens (primary N) is 1. The van der Waals surface area contributed by atoms with Crippen molar-refractivity contribution in [2.45, 2.75) is 12.5 Å². The van der Waals surface area contributed by atoms with Gasteiger partial charge in [0, 0.05) is 36.1 Å². The molecule has 0 bridgehead atoms. The first kappa shape index (κ1) is 19.7. The third-order valence-corrected chi connectivity index (χ3v) is 4.99. The molecule has 4 rings (SSSR count). The molecule has 3 N–H and O–H groups in total. The van der Waals surface area contributed by atoms with Crippen molar-refractivity contribution in [1.82, 2.24) is 9.97 Å². The maximum atomic E-state index is 13.4. The fourth-order valence-corrected chi connectivity index (χ4v) is 3.37. The van der Waals surface area contributed by atoms with Gasteiger partial charge in [-0.3, -0.25) is 4.98 Å². The minimum absolute atomic E-state index is 0.0307. The molecular weight excluding hydrogens is 375 g/mol. The Morgan fingerprint density at radius 2 is 1.57 bits per heavy atom. The van der Waals surface area contributed by atoms with E-state index in [1.807, 2.05) is 54.6 Å². The van der Waals surface area contributed by atoms with Gasteiger partial charge in [0.15, 0.2) is 0 Å². The van der Waals surface area contributed by atoms with E-state index in [2.05, 4.69) is 10.3 Å². The van der Waals surface area contributed by atoms with E-state index in [-0.39, 0.29) is 11.9 Å². The molecule has 2 heterocycles. The average Bonchev–Trinajstić information content (AvgIpc) is 2.81. The summed E-state index contributed by atoms with van der Waals surface area (Å²) in [6.45, 7) is 0.703. The molecule has 0 aliphatic carbocycles. The Hall–Kier alpha value is -3.57. The Bertz CT molecular complexity index is 1080. The van der Waals surface area contributed by atoms with Crippen LogP contribution in [-0.2, 0) is 0 Å². The number of aromatic nitrogens is 2. The van der Waals surface area contributed by atoms with Gasteiger partial charge in [0.2, 0.25) is 0 Å². The molecule has 4 aromatic rings. The normalized spacial score (nSPS) is 11.8. The summed E-state index contributed by atoms with van der Waals surface area (Å²) in [6, 6.07) is 24.3. The third kappa shape index (κ3) is 4.70. The molecular formula is C25H23FN4. The van der Waals surface area contributed by atoms with Crippen LogP contribution in [0.3, 0.4) is 0 Å². The Labute approximate surface area is 175 Å². The van der Waals surface area contributed by atoms with Crippen LogP contribution in [0.25, 0.3) is 22.4 Å². The van der Waals surface area contributed by atoms with E-state index in [1.165, 1.54) is 12.1 Å². The molecule has 0 radical (unpaired) electrons. The van der Waals surface area contributed by atoms with E-state index >= 15 is 0 Å². The van der Waals surface area contributed by atoms with E-state index in [9.17, 15) is 4.39 Å². The first-order chi connectivity index (χ1) is 14.7. The van der Waals surface area contributed by atoms with E-state index in [1.54, 1.807) is 24.5 Å². The number of hydrogen-bond donors (Lipinski definition) is 2. The highest BCUT2D eigenvalue weighted by molar-refractivity contribution is 5.81. The molecule has 0 aliphatic heterocycles. The summed E-state index contributed by atoms with van der Waals surface area (Å²) in [7, 11) is 0. The second-order valence-corrected chi connectivity index (χ2v) is 7.07. The second-order valence-electron chi connectivity index (χ2n) is 7.07. The number of hydrogen-bond acceptors (Lipinski definition) is 4. The molecule has 2 aromatic carbocycles. The Morgan fingerprint density at radius 1 is 0.833 bits per heavy atom. The van der Waals surface area contributed by atoms with Gasteiger partial charge < -0.3 is 11.1 Å². The molecule has 0 aliphatic rings. The molecule has 30 heavy (non-hydrogen) atoms. The number of rotatable bonds is 7. The lowest BCUT2D eigenvalue weighted by atomic mass is 10.00. The van der Waals surface area contributed by atoms with Gasteiger partial charge in [-0.15, -0.1) is 0 Å². The largest absolute Gasteiger partial charge is 0.370 e. The molecule has 1 unspecified atom stereocenters. The van der Waals surface area contributed by atoms with Crippen LogP contribution in [0.2, 0.25) is 0 Å². The van der Waals surface area contributed by atoms with Gasteiger partial charge in [-0.05, 0) is 53.9 Å². The number of benzene rings is 2. The van der Waals surface area contributed by atoms with Gasteiger partial charge in [-0.25, -0.2) is 9.37 Å². The van der Waals surface area contributed by atoms with Crippen LogP contribution in [0, 0.1) is 5.82 Å². The molecule has 2 aromatic heterocycles. The average molecular weight is 398 g/mol. The van der Waals surface area contributed by atoms with Gasteiger partial charge >= 0.3 is 0 Å². The minimum Gasteiger partial charge on any atom is -0.370 e. The van der Waals surface area contributed by atoms with Crippen LogP contribution < -0.4 is 11.1 Å². The molecule has 150 valence electrons. The summed E-state index contributed by atoms with van der Waals surface area (Å²) >= 11 is 0. The summed E-state index contributed by atoms with van der Waals surface area (Å²) in [5, 5.41) is 3.38. The first-order valence-corrected chi connectivity index (χ1v) is 9.92. The van der Waals surface area contributed by atoms with Crippen molar-refractivity contribution < 1.29 is 4.39 Å². The summed E-state index contributed by atoms with van der Waals surface area (Å²) < 4.78 is 13.4. The molecule has 0 saturated carbocycles. The third-order valence-electron chi connectivity index (χ3n) is 4.99. The van der Waals surface area contributed by atoms with Gasteiger partial charge in [0.25, 0.3) is 0 Å². The van der Waals surface area contributed by atoms with Crippen molar-refractivity contribution in [3.63, 3.8) is 0 Å². The Kier molecular flexibility index (Phi) is 6.11. The molecule has 4 nitrogen and oxygen atoms in total. The van der Waals surface area contributed by atoms with Crippen LogP contribution in [0.5, 0.6) is 0 Å². The lowest BCUT2D eigenvalue weighted by molar-refractivity contribution is 0.628. The maximum Gasteiger partial charge on any atom is 0.126 e. The van der Waals surface area contributed by atoms with Crippen LogP contribution >= 0.6 is 0 Å². The quantitative estimate of drug-likeness (QED) is 0.434. The fraction of sp³-hybridized carbons (Fsp3) is 0.120. The minimum atomic E-state index is -0.259. The van der Waals surface area contributed by atoms with Crippen molar-refractivity contribution >= 4 is 5.82 Å². The number of nitrogens with zero attached hydrogens (tertiary/aromatic N) is 2. The molecule has 5 heteroatoms. The number of pyridine rings is 2. The molecule has 0 amide bonds. The molecule has 0 spiro atoms. The number of nitrogens with one attached hydrogen (secondary N) is 1. The smallest absolute Gasteiger partial charge is 0.126 e. The predicted molar refractivity (Wildman–Crippen MR) is 119 cm³/mol. The summed E-state index contributed by atoms with van der Waals surface area (Å²) in [4.78, 5) is 8.94. The maximum absolute atomic E-state index is 13.4. The second kappa shape index (κ2) is 9.29. The van der Waals surface area contributed by atoms with Crippen LogP contribution in [0.15, 0.2) is 91.3 Å². The van der Waals surface area contributed by atoms with Crippen molar-refractivity contribution in [1.29, 1.82) is 0 Å². The van der Waals surface area contributed by atoms with E-state index in [0.29, 0.717) is 6.54 Å². The zero-order valence-electron chi connectivity index (χ0n) is 16.5. The molecule has 1 atom stereocenters. The highest BCUT2D eigenvalue weighted by Crippen LogP contribution is 2.31. The van der Waals surface area contributed by atoms with Gasteiger partial charge in [0.1, 0.15) is 11.6 Å². The lowest BCUT2D eigenvalue weighted by Gasteiger charge is -2.15. The van der Waals surface area contributed by atoms with Gasteiger partial charge in [-0.2, -0.15) is 0 Å². The predicted octanol–water partition coefficient (Wildman–Crippen LogP) is 5.45. The monoisotopic (exact) mass is 398 g/mol. The van der Waals surface area contributed by atoms with E-state index in [0.717, 1.165) is 40.2 Å². The van der Waals surface area contributed by atoms with Crippen molar-refractivity contribution in [3.05, 3.63) is 103 Å². The highest BCUT2D eigenvalue weighted by atomic mass is 19.1. The molecule has 0 saturated heterocycles. The van der Waals surface area contributed by atoms with Crippen molar-refractivity contribution in [3.8, 4) is 22.4 Å². The van der Waals surface area contributed by atoms with Crippen molar-refractivity contribution in [2.75, 3.05) is 11.9 Å². The van der Waals surface area contributed by atoms with Crippen LogP contribution in [0.1, 0.15) is 18.0 Å². The SMILES string of the molecule is NC(CCNc1ccc(-c2ccc(F)cc2)c(-c2ccncc2)n1)c1ccccc1. The fourth-order valence-electron chi connectivity index (χ4n) is 3.37. The molecule has 0 fully saturated rings. The summed E-state index contributed by atoms with van der Waals surface area (Å²) in [5.74, 6) is 0.512. The lowest BCUT2D eigenvalue weighted by Crippen LogP contribution is -2.15. The van der Waals surface area contributed by atoms with Gasteiger partial charge in [0.05, 0.1) is 5.69 Å². The highest BCUT2D eigenvalue weighted by Gasteiger charge is 2.11. The zero-order valence-corrected chi connectivity index (χ0v) is 16.5. The van der Waals surface area contributed by atoms with E-state index < -0.39 is 0 Å². The number of anilines is 1. The Balaban J connectivity index is 1.55. The Morgan fingerprint density at radius 3 is 2.30 bits per heavy atom.